The molecule has 0 saturated carbocycles. The number of fused-ring (bicyclic) bond motifs is 1. The highest BCUT2D eigenvalue weighted by molar-refractivity contribution is 5.97. The number of hydrogen-bond donors (Lipinski definition) is 2. The Bertz CT molecular complexity index is 407. The van der Waals surface area contributed by atoms with Gasteiger partial charge in [0.05, 0.1) is 17.3 Å². The Balaban J connectivity index is 2.29. The second kappa shape index (κ2) is 3.81. The molecule has 0 aromatic heterocycles. The molecule has 16 heavy (non-hydrogen) atoms. The lowest BCUT2D eigenvalue weighted by atomic mass is 9.80. The van der Waals surface area contributed by atoms with Crippen LogP contribution in [-0.2, 0) is 4.79 Å². The summed E-state index contributed by atoms with van der Waals surface area (Å²) in [7, 11) is 0. The third-order valence-corrected chi connectivity index (χ3v) is 3.04. The average Bonchev–Trinajstić information content (AvgIpc) is 2.34. The van der Waals surface area contributed by atoms with Gasteiger partial charge in [-0.15, -0.1) is 0 Å². The summed E-state index contributed by atoms with van der Waals surface area (Å²) in [4.78, 5) is 12.1. The quantitative estimate of drug-likeness (QED) is 0.703. The highest BCUT2D eigenvalue weighted by atomic mass is 16.2. The van der Waals surface area contributed by atoms with E-state index in [0.717, 1.165) is 11.4 Å². The lowest BCUT2D eigenvalue weighted by molar-refractivity contribution is -0.122. The summed E-state index contributed by atoms with van der Waals surface area (Å²) >= 11 is 0. The van der Waals surface area contributed by atoms with Crippen molar-refractivity contribution in [2.75, 3.05) is 17.2 Å². The van der Waals surface area contributed by atoms with Gasteiger partial charge in [-0.3, -0.25) is 4.79 Å². The Kier molecular flexibility index (Phi) is 2.62. The van der Waals surface area contributed by atoms with Crippen molar-refractivity contribution in [3.63, 3.8) is 0 Å². The zero-order chi connectivity index (χ0) is 11.8. The van der Waals surface area contributed by atoms with Gasteiger partial charge in [0.15, 0.2) is 0 Å². The minimum Gasteiger partial charge on any atom is -0.383 e. The number of carbonyl (C=O) groups excluding carboxylic acids is 1. The fraction of sp³-hybridized carbons (Fsp3) is 0.462. The summed E-state index contributed by atoms with van der Waals surface area (Å²) < 4.78 is 0. The summed E-state index contributed by atoms with van der Waals surface area (Å²) in [6.07, 6.45) is 0. The first-order chi connectivity index (χ1) is 7.48. The Hall–Kier alpha value is -1.51. The highest BCUT2D eigenvalue weighted by Gasteiger charge is 2.33. The van der Waals surface area contributed by atoms with Crippen LogP contribution in [0.1, 0.15) is 20.8 Å². The molecule has 0 saturated heterocycles. The van der Waals surface area contributed by atoms with Crippen LogP contribution in [0, 0.1) is 11.3 Å². The summed E-state index contributed by atoms with van der Waals surface area (Å²) in [6.45, 7) is 6.96. The lowest BCUT2D eigenvalue weighted by Crippen LogP contribution is -2.36. The first-order valence-electron chi connectivity index (χ1n) is 5.62. The van der Waals surface area contributed by atoms with E-state index in [1.165, 1.54) is 0 Å². The van der Waals surface area contributed by atoms with Crippen molar-refractivity contribution >= 4 is 17.3 Å². The summed E-state index contributed by atoms with van der Waals surface area (Å²) in [6, 6.07) is 7.81. The predicted molar refractivity (Wildman–Crippen MR) is 66.5 cm³/mol. The molecule has 1 heterocycles. The molecule has 1 amide bonds. The van der Waals surface area contributed by atoms with E-state index in [4.69, 9.17) is 0 Å². The molecule has 3 heteroatoms. The van der Waals surface area contributed by atoms with Crippen LogP contribution < -0.4 is 10.6 Å². The molecule has 1 aromatic carbocycles. The van der Waals surface area contributed by atoms with Crippen LogP contribution in [-0.4, -0.2) is 12.5 Å². The lowest BCUT2D eigenvalue weighted by Gasteiger charge is -2.27. The van der Waals surface area contributed by atoms with Crippen LogP contribution in [0.4, 0.5) is 11.4 Å². The van der Waals surface area contributed by atoms with Crippen molar-refractivity contribution < 1.29 is 4.79 Å². The summed E-state index contributed by atoms with van der Waals surface area (Å²) in [5, 5.41) is 6.31. The normalized spacial score (nSPS) is 20.4. The van der Waals surface area contributed by atoms with E-state index in [9.17, 15) is 4.79 Å². The van der Waals surface area contributed by atoms with Crippen LogP contribution in [0.5, 0.6) is 0 Å². The molecule has 86 valence electrons. The third-order valence-electron chi connectivity index (χ3n) is 3.04. The molecular formula is C13H18N2O. The van der Waals surface area contributed by atoms with E-state index in [2.05, 4.69) is 31.4 Å². The Labute approximate surface area is 96.2 Å². The molecule has 1 unspecified atom stereocenters. The second-order valence-corrected chi connectivity index (χ2v) is 5.33. The van der Waals surface area contributed by atoms with E-state index >= 15 is 0 Å². The predicted octanol–water partition coefficient (Wildman–Crippen LogP) is 2.71. The number of rotatable bonds is 0. The number of nitrogens with one attached hydrogen (secondary N) is 2. The summed E-state index contributed by atoms with van der Waals surface area (Å²) in [5.41, 5.74) is 1.85. The molecule has 2 rings (SSSR count). The zero-order valence-electron chi connectivity index (χ0n) is 10.0. The van der Waals surface area contributed by atoms with Crippen molar-refractivity contribution in [1.82, 2.24) is 0 Å². The highest BCUT2D eigenvalue weighted by Crippen LogP contribution is 2.32. The van der Waals surface area contributed by atoms with Crippen LogP contribution in [0.25, 0.3) is 0 Å². The number of hydrogen-bond acceptors (Lipinski definition) is 2. The molecule has 3 nitrogen and oxygen atoms in total. The van der Waals surface area contributed by atoms with Gasteiger partial charge in [0.1, 0.15) is 0 Å². The molecule has 0 fully saturated rings. The number of anilines is 2. The second-order valence-electron chi connectivity index (χ2n) is 5.33. The van der Waals surface area contributed by atoms with Gasteiger partial charge in [-0.05, 0) is 17.5 Å². The third kappa shape index (κ3) is 2.03. The van der Waals surface area contributed by atoms with Gasteiger partial charge in [-0.25, -0.2) is 0 Å². The first-order valence-corrected chi connectivity index (χ1v) is 5.62. The molecule has 1 aromatic rings. The number of carbonyl (C=O) groups is 1. The van der Waals surface area contributed by atoms with Crippen LogP contribution in [0.15, 0.2) is 24.3 Å². The van der Waals surface area contributed by atoms with Crippen molar-refractivity contribution in [1.29, 1.82) is 0 Å². The van der Waals surface area contributed by atoms with Gasteiger partial charge in [-0.2, -0.15) is 0 Å². The van der Waals surface area contributed by atoms with Crippen LogP contribution >= 0.6 is 0 Å². The van der Waals surface area contributed by atoms with Gasteiger partial charge < -0.3 is 10.6 Å². The average molecular weight is 218 g/mol. The molecule has 0 aliphatic carbocycles. The fourth-order valence-electron chi connectivity index (χ4n) is 1.97. The Morgan fingerprint density at radius 3 is 2.44 bits per heavy atom. The smallest absolute Gasteiger partial charge is 0.229 e. The number of para-hydroxylation sites is 2. The van der Waals surface area contributed by atoms with E-state index in [0.29, 0.717) is 6.54 Å². The molecule has 1 aliphatic heterocycles. The maximum Gasteiger partial charge on any atom is 0.229 e. The van der Waals surface area contributed by atoms with Gasteiger partial charge >= 0.3 is 0 Å². The Morgan fingerprint density at radius 1 is 1.19 bits per heavy atom. The van der Waals surface area contributed by atoms with E-state index in [-0.39, 0.29) is 17.2 Å². The van der Waals surface area contributed by atoms with Gasteiger partial charge in [0.2, 0.25) is 5.91 Å². The maximum absolute atomic E-state index is 12.1. The monoisotopic (exact) mass is 218 g/mol. The van der Waals surface area contributed by atoms with Crippen molar-refractivity contribution in [3.05, 3.63) is 24.3 Å². The number of amides is 1. The Morgan fingerprint density at radius 2 is 1.81 bits per heavy atom. The van der Waals surface area contributed by atoms with E-state index in [1.807, 2.05) is 24.3 Å². The SMILES string of the molecule is CC(C)(C)C1CNc2ccccc2NC1=O. The van der Waals surface area contributed by atoms with E-state index < -0.39 is 0 Å². The van der Waals surface area contributed by atoms with Gasteiger partial charge in [0, 0.05) is 6.54 Å². The summed E-state index contributed by atoms with van der Waals surface area (Å²) in [5.74, 6) is 0.0878. The molecule has 0 spiro atoms. The molecule has 1 aliphatic rings. The number of benzene rings is 1. The van der Waals surface area contributed by atoms with Gasteiger partial charge in [0.25, 0.3) is 0 Å². The van der Waals surface area contributed by atoms with Crippen molar-refractivity contribution in [2.45, 2.75) is 20.8 Å². The molecule has 0 bridgehead atoms. The largest absolute Gasteiger partial charge is 0.383 e. The maximum atomic E-state index is 12.1. The van der Waals surface area contributed by atoms with Crippen molar-refractivity contribution in [2.24, 2.45) is 11.3 Å². The van der Waals surface area contributed by atoms with Crippen LogP contribution in [0.2, 0.25) is 0 Å². The zero-order valence-corrected chi connectivity index (χ0v) is 10.0. The first kappa shape index (κ1) is 11.0. The minimum absolute atomic E-state index is 0.0140. The van der Waals surface area contributed by atoms with Crippen LogP contribution in [0.3, 0.4) is 0 Å². The topological polar surface area (TPSA) is 41.1 Å². The molecule has 0 radical (unpaired) electrons. The van der Waals surface area contributed by atoms with Gasteiger partial charge in [-0.1, -0.05) is 32.9 Å². The fourth-order valence-corrected chi connectivity index (χ4v) is 1.97. The van der Waals surface area contributed by atoms with E-state index in [1.54, 1.807) is 0 Å². The standard InChI is InChI=1S/C13H18N2O/c1-13(2,3)9-8-14-10-6-4-5-7-11(10)15-12(9)16/h4-7,9,14H,8H2,1-3H3,(H,15,16). The molecule has 1 atom stereocenters. The van der Waals surface area contributed by atoms with Crippen molar-refractivity contribution in [3.8, 4) is 0 Å². The molecular weight excluding hydrogens is 200 g/mol. The minimum atomic E-state index is -0.0286. The molecule has 2 N–H and O–H groups in total.